The number of carbonyl (C=O) groups excluding carboxylic acids is 2. The predicted molar refractivity (Wildman–Crippen MR) is 123 cm³/mol. The third-order valence-corrected chi connectivity index (χ3v) is 8.80. The molecule has 0 aromatic carbocycles. The summed E-state index contributed by atoms with van der Waals surface area (Å²) >= 11 is 1.56. The van der Waals surface area contributed by atoms with Crippen molar-refractivity contribution in [2.24, 2.45) is 5.92 Å². The van der Waals surface area contributed by atoms with E-state index in [9.17, 15) is 18.0 Å². The third kappa shape index (κ3) is 4.77. The fraction of sp³-hybridized carbons (Fsp3) is 0.545. The highest BCUT2D eigenvalue weighted by Crippen LogP contribution is 2.32. The second kappa shape index (κ2) is 10.2. The zero-order chi connectivity index (χ0) is 23.5. The van der Waals surface area contributed by atoms with Gasteiger partial charge in [0.15, 0.2) is 0 Å². The minimum Gasteiger partial charge on any atom is -0.462 e. The quantitative estimate of drug-likeness (QED) is 0.585. The van der Waals surface area contributed by atoms with Crippen LogP contribution in [0.25, 0.3) is 0 Å². The minimum atomic E-state index is -3.99. The number of piperidine rings is 1. The molecule has 8 nitrogen and oxygen atoms in total. The van der Waals surface area contributed by atoms with Crippen molar-refractivity contribution in [2.45, 2.75) is 58.5 Å². The molecule has 3 heterocycles. The zero-order valence-electron chi connectivity index (χ0n) is 19.0. The van der Waals surface area contributed by atoms with Gasteiger partial charge in [0.1, 0.15) is 10.5 Å². The van der Waals surface area contributed by atoms with E-state index >= 15 is 0 Å². The molecule has 1 aliphatic heterocycles. The molecule has 0 saturated carbocycles. The molecule has 10 heteroatoms. The highest BCUT2D eigenvalue weighted by Gasteiger charge is 2.39. The summed E-state index contributed by atoms with van der Waals surface area (Å²) in [6, 6.07) is 3.87. The summed E-state index contributed by atoms with van der Waals surface area (Å²) in [4.78, 5) is 26.5. The van der Waals surface area contributed by atoms with Gasteiger partial charge in [-0.05, 0) is 52.0 Å². The first kappa shape index (κ1) is 24.5. The van der Waals surface area contributed by atoms with Gasteiger partial charge in [-0.25, -0.2) is 13.2 Å². The van der Waals surface area contributed by atoms with Crippen molar-refractivity contribution >= 4 is 33.2 Å². The van der Waals surface area contributed by atoms with Gasteiger partial charge < -0.3 is 14.6 Å². The molecule has 1 fully saturated rings. The van der Waals surface area contributed by atoms with Crippen LogP contribution in [0.5, 0.6) is 0 Å². The second-order valence-electron chi connectivity index (χ2n) is 7.84. The number of amides is 1. The van der Waals surface area contributed by atoms with Crippen LogP contribution in [0.3, 0.4) is 0 Å². The van der Waals surface area contributed by atoms with Crippen LogP contribution < -0.4 is 5.32 Å². The smallest absolute Gasteiger partial charge is 0.341 e. The van der Waals surface area contributed by atoms with Crippen LogP contribution in [0.4, 0.5) is 0 Å². The Balaban J connectivity index is 1.87. The molecule has 1 aliphatic rings. The van der Waals surface area contributed by atoms with Gasteiger partial charge in [0.25, 0.3) is 0 Å². The lowest BCUT2D eigenvalue weighted by molar-refractivity contribution is -0.126. The minimum absolute atomic E-state index is 0.00468. The van der Waals surface area contributed by atoms with E-state index in [1.54, 1.807) is 32.1 Å². The van der Waals surface area contributed by atoms with Crippen LogP contribution in [0.15, 0.2) is 22.4 Å². The number of nitrogens with one attached hydrogen (secondary N) is 1. The molecule has 1 atom stereocenters. The lowest BCUT2D eigenvalue weighted by atomic mass is 9.99. The van der Waals surface area contributed by atoms with Crippen molar-refractivity contribution < 1.29 is 22.7 Å². The summed E-state index contributed by atoms with van der Waals surface area (Å²) in [7, 11) is -3.99. The molecule has 2 aromatic heterocycles. The molecule has 1 N–H and O–H groups in total. The van der Waals surface area contributed by atoms with Crippen molar-refractivity contribution in [1.29, 1.82) is 0 Å². The molecule has 0 unspecified atom stereocenters. The number of hydrogen-bond donors (Lipinski definition) is 1. The Kier molecular flexibility index (Phi) is 7.79. The van der Waals surface area contributed by atoms with Gasteiger partial charge >= 0.3 is 5.97 Å². The normalized spacial score (nSPS) is 17.3. The number of rotatable bonds is 8. The molecule has 3 rings (SSSR count). The Labute approximate surface area is 193 Å². The molecule has 2 aromatic rings. The molecule has 176 valence electrons. The first-order valence-corrected chi connectivity index (χ1v) is 13.2. The molecular weight excluding hydrogens is 450 g/mol. The van der Waals surface area contributed by atoms with E-state index in [1.165, 1.54) is 4.31 Å². The fourth-order valence-corrected chi connectivity index (χ4v) is 6.94. The molecule has 0 aliphatic carbocycles. The molecule has 1 amide bonds. The number of aromatic nitrogens is 1. The Morgan fingerprint density at radius 1 is 1.25 bits per heavy atom. The predicted octanol–water partition coefficient (Wildman–Crippen LogP) is 3.08. The van der Waals surface area contributed by atoms with Crippen LogP contribution in [0, 0.1) is 19.8 Å². The van der Waals surface area contributed by atoms with Gasteiger partial charge in [-0.15, -0.1) is 11.3 Å². The second-order valence-corrected chi connectivity index (χ2v) is 10.7. The van der Waals surface area contributed by atoms with Gasteiger partial charge in [-0.2, -0.15) is 4.31 Å². The topological polar surface area (TPSA) is 97.7 Å². The summed E-state index contributed by atoms with van der Waals surface area (Å²) in [6.07, 6.45) is 1.21. The maximum Gasteiger partial charge on any atom is 0.341 e. The van der Waals surface area contributed by atoms with E-state index in [1.807, 2.05) is 29.0 Å². The van der Waals surface area contributed by atoms with E-state index < -0.39 is 21.9 Å². The van der Waals surface area contributed by atoms with Crippen molar-refractivity contribution in [3.05, 3.63) is 39.3 Å². The van der Waals surface area contributed by atoms with Gasteiger partial charge in [0.2, 0.25) is 15.9 Å². The van der Waals surface area contributed by atoms with Crippen molar-refractivity contribution in [3.63, 3.8) is 0 Å². The van der Waals surface area contributed by atoms with E-state index in [0.717, 1.165) is 4.88 Å². The summed E-state index contributed by atoms with van der Waals surface area (Å²) in [5.74, 6) is -1.22. The number of carbonyl (C=O) groups is 2. The monoisotopic (exact) mass is 481 g/mol. The number of hydrogen-bond acceptors (Lipinski definition) is 6. The average molecular weight is 482 g/mol. The number of nitrogens with zero attached hydrogens (tertiary/aromatic N) is 2. The Morgan fingerprint density at radius 3 is 2.62 bits per heavy atom. The SMILES string of the molecule is CCOC(=O)c1c(S(=O)(=O)N2CCC[C@@H](C(=O)NCc3cccs3)C2)c(C)n(CC)c1C. The maximum atomic E-state index is 13.7. The number of ether oxygens (including phenoxy) is 1. The standard InChI is InChI=1S/C22H31N3O5S2/c1-5-25-15(3)19(22(27)30-6-2)20(16(25)4)32(28,29)24-11-7-9-17(14-24)21(26)23-13-18-10-8-12-31-18/h8,10,12,17H,5-7,9,11,13-14H2,1-4H3,(H,23,26)/t17-/m1/s1. The Morgan fingerprint density at radius 2 is 2.00 bits per heavy atom. The largest absolute Gasteiger partial charge is 0.462 e. The lowest BCUT2D eigenvalue weighted by Crippen LogP contribution is -2.45. The highest BCUT2D eigenvalue weighted by atomic mass is 32.2. The first-order chi connectivity index (χ1) is 15.2. The van der Waals surface area contributed by atoms with E-state index in [-0.39, 0.29) is 29.5 Å². The molecule has 32 heavy (non-hydrogen) atoms. The number of thiophene rings is 1. The van der Waals surface area contributed by atoms with Crippen molar-refractivity contribution in [1.82, 2.24) is 14.2 Å². The van der Waals surface area contributed by atoms with Crippen molar-refractivity contribution in [3.8, 4) is 0 Å². The van der Waals surface area contributed by atoms with Crippen LogP contribution in [-0.4, -0.2) is 48.9 Å². The highest BCUT2D eigenvalue weighted by molar-refractivity contribution is 7.89. The average Bonchev–Trinajstić information content (AvgIpc) is 3.38. The Bertz CT molecular complexity index is 1070. The fourth-order valence-electron chi connectivity index (χ4n) is 4.32. The van der Waals surface area contributed by atoms with Crippen LogP contribution >= 0.6 is 11.3 Å². The van der Waals surface area contributed by atoms with Crippen LogP contribution in [-0.2, 0) is 32.6 Å². The molecular formula is C22H31N3O5S2. The van der Waals surface area contributed by atoms with Crippen LogP contribution in [0.1, 0.15) is 53.3 Å². The van der Waals surface area contributed by atoms with Gasteiger partial charge in [0, 0.05) is 35.9 Å². The third-order valence-electron chi connectivity index (χ3n) is 5.89. The molecule has 0 bridgehead atoms. The van der Waals surface area contributed by atoms with Gasteiger partial charge in [0.05, 0.1) is 19.1 Å². The number of esters is 1. The van der Waals surface area contributed by atoms with Gasteiger partial charge in [-0.1, -0.05) is 6.07 Å². The molecule has 0 radical (unpaired) electrons. The van der Waals surface area contributed by atoms with Crippen LogP contribution in [0.2, 0.25) is 0 Å². The van der Waals surface area contributed by atoms with Crippen molar-refractivity contribution in [2.75, 3.05) is 19.7 Å². The zero-order valence-corrected chi connectivity index (χ0v) is 20.6. The van der Waals surface area contributed by atoms with Gasteiger partial charge in [-0.3, -0.25) is 4.79 Å². The van der Waals surface area contributed by atoms with E-state index in [2.05, 4.69) is 5.32 Å². The molecule has 1 saturated heterocycles. The summed E-state index contributed by atoms with van der Waals surface area (Å²) in [6.45, 7) is 8.57. The Hall–Kier alpha value is -2.17. The van der Waals surface area contributed by atoms with E-state index in [4.69, 9.17) is 4.74 Å². The first-order valence-electron chi connectivity index (χ1n) is 10.9. The molecule has 0 spiro atoms. The summed E-state index contributed by atoms with van der Waals surface area (Å²) in [5.41, 5.74) is 1.18. The number of sulfonamides is 1. The maximum absolute atomic E-state index is 13.7. The van der Waals surface area contributed by atoms with E-state index in [0.29, 0.717) is 43.9 Å². The summed E-state index contributed by atoms with van der Waals surface area (Å²) in [5, 5.41) is 4.87. The lowest BCUT2D eigenvalue weighted by Gasteiger charge is -2.31. The summed E-state index contributed by atoms with van der Waals surface area (Å²) < 4.78 is 35.7.